The number of carbonyl (C=O) groups is 1. The molecule has 1 fully saturated rings. The van der Waals surface area contributed by atoms with Crippen LogP contribution in [0.5, 0.6) is 0 Å². The van der Waals surface area contributed by atoms with Gasteiger partial charge in [0, 0.05) is 23.7 Å². The number of thioether (sulfide) groups is 1. The molecule has 134 valence electrons. The van der Waals surface area contributed by atoms with Crippen LogP contribution in [0.1, 0.15) is 10.6 Å². The van der Waals surface area contributed by atoms with Crippen molar-refractivity contribution in [3.63, 3.8) is 0 Å². The van der Waals surface area contributed by atoms with E-state index in [-0.39, 0.29) is 5.91 Å². The average molecular weight is 393 g/mol. The monoisotopic (exact) mass is 393 g/mol. The Labute approximate surface area is 164 Å². The molecule has 1 aliphatic rings. The molecule has 1 aromatic carbocycles. The Hall–Kier alpha value is -2.84. The third-order valence-corrected chi connectivity index (χ3v) is 5.60. The quantitative estimate of drug-likeness (QED) is 0.491. The topological polar surface area (TPSA) is 71.3 Å². The van der Waals surface area contributed by atoms with E-state index < -0.39 is 0 Å². The Morgan fingerprint density at radius 1 is 1.26 bits per heavy atom. The van der Waals surface area contributed by atoms with Gasteiger partial charge in [0.25, 0.3) is 5.91 Å². The second kappa shape index (κ2) is 7.42. The van der Waals surface area contributed by atoms with Crippen LogP contribution in [0.25, 0.3) is 17.0 Å². The molecule has 0 radical (unpaired) electrons. The molecule has 0 saturated carbocycles. The highest BCUT2D eigenvalue weighted by Gasteiger charge is 2.33. The molecule has 0 spiro atoms. The Morgan fingerprint density at radius 3 is 2.89 bits per heavy atom. The van der Waals surface area contributed by atoms with E-state index >= 15 is 0 Å². The second-order valence-electron chi connectivity index (χ2n) is 5.74. The SMILES string of the molecule is C=CCN1C(=O)/C(=C/c2cccc3cccnc23)S/C1=N\c1nnc(C)s1. The Kier molecular flexibility index (Phi) is 4.83. The third-order valence-electron chi connectivity index (χ3n) is 3.86. The number of benzene rings is 1. The van der Waals surface area contributed by atoms with E-state index in [0.717, 1.165) is 21.5 Å². The molecule has 8 heteroatoms. The van der Waals surface area contributed by atoms with Crippen LogP contribution >= 0.6 is 23.1 Å². The van der Waals surface area contributed by atoms with Crippen molar-refractivity contribution in [2.45, 2.75) is 6.92 Å². The molecule has 4 rings (SSSR count). The minimum absolute atomic E-state index is 0.104. The fraction of sp³-hybridized carbons (Fsp3) is 0.105. The van der Waals surface area contributed by atoms with Crippen LogP contribution in [0.4, 0.5) is 5.13 Å². The number of amides is 1. The summed E-state index contributed by atoms with van der Waals surface area (Å²) in [5.41, 5.74) is 1.76. The maximum atomic E-state index is 12.9. The lowest BCUT2D eigenvalue weighted by molar-refractivity contribution is -0.121. The van der Waals surface area contributed by atoms with Gasteiger partial charge in [-0.25, -0.2) is 0 Å². The predicted molar refractivity (Wildman–Crippen MR) is 111 cm³/mol. The number of para-hydroxylation sites is 1. The molecule has 3 heterocycles. The summed E-state index contributed by atoms with van der Waals surface area (Å²) >= 11 is 2.71. The summed E-state index contributed by atoms with van der Waals surface area (Å²) in [5, 5.41) is 11.0. The number of nitrogens with zero attached hydrogens (tertiary/aromatic N) is 5. The number of hydrogen-bond donors (Lipinski definition) is 0. The van der Waals surface area contributed by atoms with Crippen molar-refractivity contribution in [3.05, 3.63) is 64.7 Å². The molecule has 0 unspecified atom stereocenters. The summed E-state index contributed by atoms with van der Waals surface area (Å²) in [6.45, 7) is 5.99. The molecule has 0 atom stereocenters. The van der Waals surface area contributed by atoms with Gasteiger partial charge < -0.3 is 0 Å². The van der Waals surface area contributed by atoms with E-state index in [1.165, 1.54) is 23.1 Å². The Morgan fingerprint density at radius 2 is 2.11 bits per heavy atom. The van der Waals surface area contributed by atoms with Crippen LogP contribution in [0.2, 0.25) is 0 Å². The van der Waals surface area contributed by atoms with Gasteiger partial charge in [-0.1, -0.05) is 41.7 Å². The zero-order chi connectivity index (χ0) is 18.8. The second-order valence-corrected chi connectivity index (χ2v) is 7.90. The van der Waals surface area contributed by atoms with Crippen LogP contribution < -0.4 is 0 Å². The van der Waals surface area contributed by atoms with E-state index in [0.29, 0.717) is 21.7 Å². The fourth-order valence-corrected chi connectivity index (χ4v) is 4.28. The number of rotatable bonds is 4. The summed E-state index contributed by atoms with van der Waals surface area (Å²) in [6.07, 6.45) is 5.30. The molecule has 0 aliphatic carbocycles. The molecule has 1 saturated heterocycles. The highest BCUT2D eigenvalue weighted by atomic mass is 32.2. The molecule has 6 nitrogen and oxygen atoms in total. The van der Waals surface area contributed by atoms with Gasteiger partial charge in [0.2, 0.25) is 5.13 Å². The molecule has 1 aliphatic heterocycles. The van der Waals surface area contributed by atoms with E-state index in [1.54, 1.807) is 17.2 Å². The first-order chi connectivity index (χ1) is 13.2. The van der Waals surface area contributed by atoms with Crippen LogP contribution in [-0.2, 0) is 4.79 Å². The largest absolute Gasteiger partial charge is 0.282 e. The summed E-state index contributed by atoms with van der Waals surface area (Å²) in [6, 6.07) is 9.82. The van der Waals surface area contributed by atoms with Crippen molar-refractivity contribution in [1.82, 2.24) is 20.1 Å². The normalized spacial score (nSPS) is 17.4. The minimum Gasteiger partial charge on any atom is -0.282 e. The lowest BCUT2D eigenvalue weighted by atomic mass is 10.1. The standard InChI is InChI=1S/C19H15N5OS2/c1-3-10-24-17(25)15(27-19(24)21-18-23-22-12(2)26-18)11-14-7-4-6-13-8-5-9-20-16(13)14/h3-9,11H,1,10H2,2H3/b15-11-,21-19-. The summed E-state index contributed by atoms with van der Waals surface area (Å²) in [7, 11) is 0. The van der Waals surface area contributed by atoms with Gasteiger partial charge in [-0.3, -0.25) is 14.7 Å². The highest BCUT2D eigenvalue weighted by molar-refractivity contribution is 8.18. The Bertz CT molecular complexity index is 1100. The predicted octanol–water partition coefficient (Wildman–Crippen LogP) is 4.18. The molecular formula is C19H15N5OS2. The first-order valence-corrected chi connectivity index (χ1v) is 9.84. The molecule has 0 bridgehead atoms. The molecule has 3 aromatic rings. The van der Waals surface area contributed by atoms with Crippen molar-refractivity contribution in [2.75, 3.05) is 6.54 Å². The number of aryl methyl sites for hydroxylation is 1. The highest BCUT2D eigenvalue weighted by Crippen LogP contribution is 2.35. The van der Waals surface area contributed by atoms with Crippen molar-refractivity contribution < 1.29 is 4.79 Å². The van der Waals surface area contributed by atoms with Gasteiger partial charge in [0.15, 0.2) is 5.17 Å². The number of pyridine rings is 1. The van der Waals surface area contributed by atoms with Gasteiger partial charge in [0.05, 0.1) is 10.4 Å². The lowest BCUT2D eigenvalue weighted by Gasteiger charge is -2.11. The van der Waals surface area contributed by atoms with Crippen molar-refractivity contribution in [1.29, 1.82) is 0 Å². The Balaban J connectivity index is 1.75. The molecule has 2 aromatic heterocycles. The van der Waals surface area contributed by atoms with Crippen LogP contribution in [0, 0.1) is 6.92 Å². The summed E-state index contributed by atoms with van der Waals surface area (Å²) in [5.74, 6) is -0.104. The number of carbonyl (C=O) groups excluding carboxylic acids is 1. The number of aromatic nitrogens is 3. The number of fused-ring (bicyclic) bond motifs is 1. The van der Waals surface area contributed by atoms with Crippen LogP contribution in [0.3, 0.4) is 0 Å². The van der Waals surface area contributed by atoms with Crippen molar-refractivity contribution in [2.24, 2.45) is 4.99 Å². The first-order valence-electron chi connectivity index (χ1n) is 8.20. The zero-order valence-electron chi connectivity index (χ0n) is 14.5. The van der Waals surface area contributed by atoms with E-state index in [9.17, 15) is 4.79 Å². The first kappa shape index (κ1) is 17.6. The van der Waals surface area contributed by atoms with Crippen molar-refractivity contribution >= 4 is 56.3 Å². The smallest absolute Gasteiger partial charge is 0.267 e. The van der Waals surface area contributed by atoms with E-state index in [1.807, 2.05) is 43.3 Å². The molecule has 0 N–H and O–H groups in total. The molecular weight excluding hydrogens is 378 g/mol. The van der Waals surface area contributed by atoms with E-state index in [4.69, 9.17) is 0 Å². The van der Waals surface area contributed by atoms with Gasteiger partial charge in [0.1, 0.15) is 5.01 Å². The van der Waals surface area contributed by atoms with Gasteiger partial charge in [-0.15, -0.1) is 16.8 Å². The maximum absolute atomic E-state index is 12.9. The van der Waals surface area contributed by atoms with E-state index in [2.05, 4.69) is 26.8 Å². The number of amidine groups is 1. The van der Waals surface area contributed by atoms with Gasteiger partial charge in [-0.2, -0.15) is 4.99 Å². The summed E-state index contributed by atoms with van der Waals surface area (Å²) < 4.78 is 0. The average Bonchev–Trinajstić information content (AvgIpc) is 3.21. The number of hydrogen-bond acceptors (Lipinski definition) is 7. The number of aliphatic imine (C=N–C) groups is 1. The fourth-order valence-electron chi connectivity index (χ4n) is 2.68. The van der Waals surface area contributed by atoms with Crippen molar-refractivity contribution in [3.8, 4) is 0 Å². The zero-order valence-corrected chi connectivity index (χ0v) is 16.1. The molecule has 27 heavy (non-hydrogen) atoms. The van der Waals surface area contributed by atoms with Crippen LogP contribution in [0.15, 0.2) is 59.1 Å². The van der Waals surface area contributed by atoms with Gasteiger partial charge >= 0.3 is 0 Å². The lowest BCUT2D eigenvalue weighted by Crippen LogP contribution is -2.29. The maximum Gasteiger partial charge on any atom is 0.267 e. The summed E-state index contributed by atoms with van der Waals surface area (Å²) in [4.78, 5) is 24.0. The third kappa shape index (κ3) is 3.54. The van der Waals surface area contributed by atoms with Gasteiger partial charge in [-0.05, 0) is 30.8 Å². The minimum atomic E-state index is -0.104. The van der Waals surface area contributed by atoms with Crippen LogP contribution in [-0.4, -0.2) is 37.7 Å². The molecule has 1 amide bonds.